The van der Waals surface area contributed by atoms with Crippen LogP contribution in [0.15, 0.2) is 0 Å². The first-order valence-electron chi connectivity index (χ1n) is 5.11. The molecule has 0 aromatic heterocycles. The second kappa shape index (κ2) is 19.0. The molecule has 0 heterocycles. The zero-order valence-electron chi connectivity index (χ0n) is 10.7. The number of aliphatic carboxylic acids is 2. The number of hydrogen-bond acceptors (Lipinski definition) is 5. The van der Waals surface area contributed by atoms with Gasteiger partial charge in [0.25, 0.3) is 0 Å². The van der Waals surface area contributed by atoms with Crippen LogP contribution in [0.1, 0.15) is 26.7 Å². The topological polar surface area (TPSA) is 77.4 Å². The summed E-state index contributed by atoms with van der Waals surface area (Å²) in [5.74, 6) is 0.550. The molecule has 17 heavy (non-hydrogen) atoms. The molecule has 0 rings (SSSR count). The van der Waals surface area contributed by atoms with Gasteiger partial charge in [-0.2, -0.15) is 23.5 Å². The molecule has 0 amide bonds. The fourth-order valence-corrected chi connectivity index (χ4v) is 1.81. The molecule has 0 saturated carbocycles. The van der Waals surface area contributed by atoms with Crippen LogP contribution in [0.3, 0.4) is 0 Å². The molecule has 7 heteroatoms. The Bertz CT molecular complexity index is 171. The fraction of sp³-hybridized carbons (Fsp3) is 0.800. The van der Waals surface area contributed by atoms with Gasteiger partial charge in [-0.05, 0) is 24.3 Å². The molecule has 0 aromatic carbocycles. The average molecular weight is 290 g/mol. The summed E-state index contributed by atoms with van der Waals surface area (Å²) < 4.78 is 0. The molecule has 96 valence electrons. The number of carboxylic acids is 2. The summed E-state index contributed by atoms with van der Waals surface area (Å²) in [6.07, 6.45) is 2.08. The van der Waals surface area contributed by atoms with Gasteiger partial charge in [0.2, 0.25) is 0 Å². The van der Waals surface area contributed by atoms with Gasteiger partial charge in [0, 0.05) is 5.75 Å². The van der Waals surface area contributed by atoms with E-state index >= 15 is 0 Å². The van der Waals surface area contributed by atoms with Crippen molar-refractivity contribution in [3.05, 3.63) is 0 Å². The average Bonchev–Trinajstić information content (AvgIpc) is 2.18. The Morgan fingerprint density at radius 2 is 1.47 bits per heavy atom. The predicted octanol–water partition coefficient (Wildman–Crippen LogP) is -1.90. The van der Waals surface area contributed by atoms with Crippen molar-refractivity contribution >= 4 is 35.5 Å². The maximum Gasteiger partial charge on any atom is 1.00 e. The van der Waals surface area contributed by atoms with Crippen molar-refractivity contribution < 1.29 is 49.4 Å². The Labute approximate surface area is 134 Å². The molecule has 0 spiro atoms. The van der Waals surface area contributed by atoms with Crippen molar-refractivity contribution in [3.8, 4) is 0 Å². The number of thioether (sulfide) groups is 2. The minimum atomic E-state index is -0.969. The molecule has 4 nitrogen and oxygen atoms in total. The number of rotatable bonds is 8. The summed E-state index contributed by atoms with van der Waals surface area (Å²) in [6.45, 7) is 4.05. The molecular formula is C10H19NaO4S2. The van der Waals surface area contributed by atoms with Gasteiger partial charge in [-0.15, -0.1) is 0 Å². The van der Waals surface area contributed by atoms with E-state index in [0.717, 1.165) is 24.3 Å². The maximum absolute atomic E-state index is 9.85. The van der Waals surface area contributed by atoms with Gasteiger partial charge in [0.15, 0.2) is 0 Å². The molecule has 1 N–H and O–H groups in total. The Kier molecular flexibility index (Phi) is 25.5. The van der Waals surface area contributed by atoms with Gasteiger partial charge >= 0.3 is 35.5 Å². The van der Waals surface area contributed by atoms with E-state index in [9.17, 15) is 14.7 Å². The first kappa shape index (κ1) is 22.8. The second-order valence-electron chi connectivity index (χ2n) is 2.87. The summed E-state index contributed by atoms with van der Waals surface area (Å²) >= 11 is 2.86. The van der Waals surface area contributed by atoms with Gasteiger partial charge in [0.1, 0.15) is 0 Å². The van der Waals surface area contributed by atoms with Crippen molar-refractivity contribution in [1.29, 1.82) is 0 Å². The number of carboxylic acid groups (broad SMARTS) is 2. The zero-order valence-corrected chi connectivity index (χ0v) is 14.4. The predicted molar refractivity (Wildman–Crippen MR) is 67.9 cm³/mol. The van der Waals surface area contributed by atoms with E-state index in [0.29, 0.717) is 0 Å². The van der Waals surface area contributed by atoms with Crippen LogP contribution >= 0.6 is 23.5 Å². The molecule has 0 saturated heterocycles. The van der Waals surface area contributed by atoms with Gasteiger partial charge in [0.05, 0.1) is 11.7 Å². The summed E-state index contributed by atoms with van der Waals surface area (Å²) in [7, 11) is 0. The van der Waals surface area contributed by atoms with Crippen LogP contribution in [0.5, 0.6) is 0 Å². The molecule has 0 fully saturated rings. The van der Waals surface area contributed by atoms with Crippen LogP contribution < -0.4 is 34.7 Å². The maximum atomic E-state index is 9.85. The summed E-state index contributed by atoms with van der Waals surface area (Å²) in [5, 5.41) is 17.9. The van der Waals surface area contributed by atoms with E-state index in [1.54, 1.807) is 0 Å². The van der Waals surface area contributed by atoms with E-state index < -0.39 is 11.9 Å². The monoisotopic (exact) mass is 290 g/mol. The first-order valence-corrected chi connectivity index (χ1v) is 7.42. The van der Waals surface area contributed by atoms with Crippen LogP contribution in [0.25, 0.3) is 0 Å². The SMILES string of the molecule is CCCSCC(=O)O.CCCSCC(=O)[O-].[Na+]. The van der Waals surface area contributed by atoms with Gasteiger partial charge < -0.3 is 15.0 Å². The molecule has 0 aromatic rings. The van der Waals surface area contributed by atoms with E-state index in [2.05, 4.69) is 0 Å². The molecule has 0 aliphatic rings. The minimum Gasteiger partial charge on any atom is -0.549 e. The quantitative estimate of drug-likeness (QED) is 0.415. The second-order valence-corrected chi connectivity index (χ2v) is 5.08. The van der Waals surface area contributed by atoms with Gasteiger partial charge in [-0.1, -0.05) is 13.8 Å². The Balaban J connectivity index is -0.000000218. The van der Waals surface area contributed by atoms with E-state index in [1.807, 2.05) is 13.8 Å². The molecule has 0 bridgehead atoms. The van der Waals surface area contributed by atoms with Crippen LogP contribution in [-0.4, -0.2) is 40.1 Å². The normalized spacial score (nSPS) is 8.59. The largest absolute Gasteiger partial charge is 1.00 e. The molecule has 0 radical (unpaired) electrons. The van der Waals surface area contributed by atoms with Crippen LogP contribution in [0, 0.1) is 0 Å². The first-order chi connectivity index (χ1) is 7.54. The Hall–Kier alpha value is 0.640. The van der Waals surface area contributed by atoms with Gasteiger partial charge in [-0.25, -0.2) is 0 Å². The molecule has 0 unspecified atom stereocenters. The zero-order chi connectivity index (χ0) is 12.8. The number of carbonyl (C=O) groups excluding carboxylic acids is 1. The van der Waals surface area contributed by atoms with Crippen LogP contribution in [0.4, 0.5) is 0 Å². The Morgan fingerprint density at radius 3 is 1.76 bits per heavy atom. The fourth-order valence-electron chi connectivity index (χ4n) is 0.604. The van der Waals surface area contributed by atoms with Crippen molar-refractivity contribution in [2.45, 2.75) is 26.7 Å². The smallest absolute Gasteiger partial charge is 0.549 e. The molecule has 0 aliphatic carbocycles. The van der Waals surface area contributed by atoms with Crippen molar-refractivity contribution in [2.75, 3.05) is 23.0 Å². The standard InChI is InChI=1S/2C5H10O2S.Na/c2*1-2-3-8-4-5(6)7;/h2*2-4H2,1H3,(H,6,7);/q;;+1/p-1. The third-order valence-electron chi connectivity index (χ3n) is 1.14. The van der Waals surface area contributed by atoms with Crippen molar-refractivity contribution in [1.82, 2.24) is 0 Å². The summed E-state index contributed by atoms with van der Waals surface area (Å²) in [4.78, 5) is 19.6. The van der Waals surface area contributed by atoms with Gasteiger partial charge in [-0.3, -0.25) is 4.79 Å². The van der Waals surface area contributed by atoms with E-state index in [-0.39, 0.29) is 41.1 Å². The number of hydrogen-bond donors (Lipinski definition) is 1. The van der Waals surface area contributed by atoms with Crippen molar-refractivity contribution in [3.63, 3.8) is 0 Å². The summed E-state index contributed by atoms with van der Waals surface area (Å²) in [6, 6.07) is 0. The number of carbonyl (C=O) groups is 2. The van der Waals surface area contributed by atoms with E-state index in [1.165, 1.54) is 23.5 Å². The third-order valence-corrected chi connectivity index (χ3v) is 3.43. The van der Waals surface area contributed by atoms with Crippen LogP contribution in [0.2, 0.25) is 0 Å². The molecular weight excluding hydrogens is 271 g/mol. The minimum absolute atomic E-state index is 0. The third kappa shape index (κ3) is 31.5. The van der Waals surface area contributed by atoms with Crippen molar-refractivity contribution in [2.24, 2.45) is 0 Å². The molecule has 0 atom stereocenters. The molecule has 0 aliphatic heterocycles. The Morgan fingerprint density at radius 1 is 1.06 bits per heavy atom. The summed E-state index contributed by atoms with van der Waals surface area (Å²) in [5.41, 5.74) is 0. The van der Waals surface area contributed by atoms with Crippen LogP contribution in [-0.2, 0) is 9.59 Å². The van der Waals surface area contributed by atoms with E-state index in [4.69, 9.17) is 5.11 Å².